The second-order valence-electron chi connectivity index (χ2n) is 2.96. The molecule has 0 unspecified atom stereocenters. The number of rotatable bonds is 5. The standard InChI is InChI=1S/C8H12F3N3S/c1-14-4-2-13-7(14)15-5-3-12-6-8(9,10)11/h2,4,12H,3,5-6H2,1H3. The van der Waals surface area contributed by atoms with E-state index in [0.29, 0.717) is 12.3 Å². The Kier molecular flexibility index (Phi) is 4.46. The summed E-state index contributed by atoms with van der Waals surface area (Å²) in [4.78, 5) is 4.04. The van der Waals surface area contributed by atoms with Crippen LogP contribution in [0.1, 0.15) is 0 Å². The number of aromatic nitrogens is 2. The fourth-order valence-electron chi connectivity index (χ4n) is 0.936. The van der Waals surface area contributed by atoms with E-state index in [4.69, 9.17) is 0 Å². The number of halogens is 3. The van der Waals surface area contributed by atoms with Gasteiger partial charge in [0.05, 0.1) is 6.54 Å². The first-order valence-electron chi connectivity index (χ1n) is 4.36. The molecule has 0 fully saturated rings. The van der Waals surface area contributed by atoms with Crippen molar-refractivity contribution in [2.45, 2.75) is 11.3 Å². The molecule has 0 spiro atoms. The Bertz CT molecular complexity index is 298. The molecule has 3 nitrogen and oxygen atoms in total. The molecule has 0 aromatic carbocycles. The molecule has 7 heteroatoms. The zero-order valence-electron chi connectivity index (χ0n) is 8.21. The van der Waals surface area contributed by atoms with Gasteiger partial charge in [-0.05, 0) is 0 Å². The summed E-state index contributed by atoms with van der Waals surface area (Å²) in [6.45, 7) is -0.620. The molecule has 1 rings (SSSR count). The van der Waals surface area contributed by atoms with Crippen molar-refractivity contribution >= 4 is 11.8 Å². The van der Waals surface area contributed by atoms with Crippen LogP contribution in [0.2, 0.25) is 0 Å². The quantitative estimate of drug-likeness (QED) is 0.626. The Morgan fingerprint density at radius 1 is 1.53 bits per heavy atom. The maximum atomic E-state index is 11.7. The van der Waals surface area contributed by atoms with Crippen LogP contribution < -0.4 is 5.32 Å². The van der Waals surface area contributed by atoms with Crippen molar-refractivity contribution in [3.8, 4) is 0 Å². The summed E-state index contributed by atoms with van der Waals surface area (Å²) in [5, 5.41) is 3.13. The van der Waals surface area contributed by atoms with Crippen molar-refractivity contribution in [1.82, 2.24) is 14.9 Å². The van der Waals surface area contributed by atoms with E-state index in [-0.39, 0.29) is 0 Å². The molecule has 0 amide bonds. The summed E-state index contributed by atoms with van der Waals surface area (Å²) in [6, 6.07) is 0. The van der Waals surface area contributed by atoms with Gasteiger partial charge >= 0.3 is 6.18 Å². The Morgan fingerprint density at radius 3 is 2.80 bits per heavy atom. The van der Waals surface area contributed by atoms with Gasteiger partial charge in [-0.3, -0.25) is 0 Å². The first-order chi connectivity index (χ1) is 6.99. The third-order valence-corrected chi connectivity index (χ3v) is 2.67. The molecule has 0 aliphatic carbocycles. The van der Waals surface area contributed by atoms with Gasteiger partial charge in [-0.2, -0.15) is 13.2 Å². The van der Waals surface area contributed by atoms with E-state index in [2.05, 4.69) is 10.3 Å². The highest BCUT2D eigenvalue weighted by Gasteiger charge is 2.25. The maximum absolute atomic E-state index is 11.7. The molecular formula is C8H12F3N3S. The van der Waals surface area contributed by atoms with Gasteiger partial charge in [0.15, 0.2) is 5.16 Å². The van der Waals surface area contributed by atoms with Gasteiger partial charge in [-0.1, -0.05) is 11.8 Å². The van der Waals surface area contributed by atoms with Crippen LogP contribution in [-0.2, 0) is 7.05 Å². The first-order valence-corrected chi connectivity index (χ1v) is 5.35. The third-order valence-electron chi connectivity index (χ3n) is 1.61. The minimum Gasteiger partial charge on any atom is -0.329 e. The number of aryl methyl sites for hydroxylation is 1. The molecule has 0 saturated carbocycles. The van der Waals surface area contributed by atoms with Gasteiger partial charge in [0, 0.05) is 31.7 Å². The lowest BCUT2D eigenvalue weighted by molar-refractivity contribution is -0.124. The monoisotopic (exact) mass is 239 g/mol. The fourth-order valence-corrected chi connectivity index (χ4v) is 1.76. The van der Waals surface area contributed by atoms with E-state index >= 15 is 0 Å². The molecule has 0 bridgehead atoms. The van der Waals surface area contributed by atoms with Crippen LogP contribution in [0.4, 0.5) is 13.2 Å². The van der Waals surface area contributed by atoms with Crippen molar-refractivity contribution in [3.63, 3.8) is 0 Å². The zero-order valence-corrected chi connectivity index (χ0v) is 9.03. The highest BCUT2D eigenvalue weighted by atomic mass is 32.2. The normalized spacial score (nSPS) is 12.0. The first kappa shape index (κ1) is 12.4. The third kappa shape index (κ3) is 5.08. The molecule has 0 radical (unpaired) electrons. The molecule has 15 heavy (non-hydrogen) atoms. The van der Waals surface area contributed by atoms with Crippen molar-refractivity contribution < 1.29 is 13.2 Å². The average molecular weight is 239 g/mol. The molecule has 1 heterocycles. The summed E-state index contributed by atoms with van der Waals surface area (Å²) < 4.78 is 37.0. The predicted octanol–water partition coefficient (Wildman–Crippen LogP) is 1.66. The predicted molar refractivity (Wildman–Crippen MR) is 52.9 cm³/mol. The average Bonchev–Trinajstić information content (AvgIpc) is 2.49. The van der Waals surface area contributed by atoms with Gasteiger partial charge < -0.3 is 9.88 Å². The van der Waals surface area contributed by atoms with Crippen LogP contribution in [0.25, 0.3) is 0 Å². The molecule has 1 N–H and O–H groups in total. The Morgan fingerprint density at radius 2 is 2.27 bits per heavy atom. The number of alkyl halides is 3. The second kappa shape index (κ2) is 5.41. The number of hydrogen-bond donors (Lipinski definition) is 1. The summed E-state index contributed by atoms with van der Waals surface area (Å²) >= 11 is 1.43. The van der Waals surface area contributed by atoms with Crippen LogP contribution in [0, 0.1) is 0 Å². The summed E-state index contributed by atoms with van der Waals surface area (Å²) in [5.41, 5.74) is 0. The van der Waals surface area contributed by atoms with Gasteiger partial charge in [0.1, 0.15) is 0 Å². The smallest absolute Gasteiger partial charge is 0.329 e. The minimum atomic E-state index is -4.13. The second-order valence-corrected chi connectivity index (χ2v) is 4.02. The number of nitrogens with zero attached hydrogens (tertiary/aromatic N) is 2. The van der Waals surface area contributed by atoms with Crippen molar-refractivity contribution in [3.05, 3.63) is 12.4 Å². The van der Waals surface area contributed by atoms with Crippen molar-refractivity contribution in [1.29, 1.82) is 0 Å². The molecular weight excluding hydrogens is 227 g/mol. The molecule has 86 valence electrons. The summed E-state index contributed by atoms with van der Waals surface area (Å²) in [5.74, 6) is 0.570. The molecule has 0 atom stereocenters. The van der Waals surface area contributed by atoms with E-state index in [1.165, 1.54) is 11.8 Å². The highest BCUT2D eigenvalue weighted by molar-refractivity contribution is 7.99. The van der Waals surface area contributed by atoms with Gasteiger partial charge in [0.25, 0.3) is 0 Å². The van der Waals surface area contributed by atoms with Crippen LogP contribution in [0.15, 0.2) is 17.6 Å². The molecule has 0 aliphatic rings. The summed E-state index contributed by atoms with van der Waals surface area (Å²) in [6.07, 6.45) is -0.676. The van der Waals surface area contributed by atoms with Crippen molar-refractivity contribution in [2.24, 2.45) is 7.05 Å². The number of thioether (sulfide) groups is 1. The molecule has 0 saturated heterocycles. The highest BCUT2D eigenvalue weighted by Crippen LogP contribution is 2.14. The molecule has 0 aliphatic heterocycles. The van der Waals surface area contributed by atoms with Gasteiger partial charge in [-0.15, -0.1) is 0 Å². The number of nitrogens with one attached hydrogen (secondary N) is 1. The molecule has 1 aromatic rings. The SMILES string of the molecule is Cn1ccnc1SCCNCC(F)(F)F. The minimum absolute atomic E-state index is 0.317. The van der Waals surface area contributed by atoms with Crippen molar-refractivity contribution in [2.75, 3.05) is 18.8 Å². The van der Waals surface area contributed by atoms with Gasteiger partial charge in [-0.25, -0.2) is 4.98 Å². The fraction of sp³-hybridized carbons (Fsp3) is 0.625. The lowest BCUT2D eigenvalue weighted by Gasteiger charge is -2.07. The lowest BCUT2D eigenvalue weighted by atomic mass is 10.6. The zero-order chi connectivity index (χ0) is 11.3. The van der Waals surface area contributed by atoms with E-state index in [9.17, 15) is 13.2 Å². The van der Waals surface area contributed by atoms with E-state index in [1.54, 1.807) is 12.4 Å². The van der Waals surface area contributed by atoms with Crippen LogP contribution in [0.5, 0.6) is 0 Å². The van der Waals surface area contributed by atoms with Gasteiger partial charge in [0.2, 0.25) is 0 Å². The van der Waals surface area contributed by atoms with Crippen LogP contribution in [0.3, 0.4) is 0 Å². The number of hydrogen-bond acceptors (Lipinski definition) is 3. The Labute approximate surface area is 90.1 Å². The lowest BCUT2D eigenvalue weighted by Crippen LogP contribution is -2.30. The molecule has 1 aromatic heterocycles. The Hall–Kier alpha value is -0.690. The largest absolute Gasteiger partial charge is 0.401 e. The van der Waals surface area contributed by atoms with Crippen LogP contribution >= 0.6 is 11.8 Å². The van der Waals surface area contributed by atoms with E-state index < -0.39 is 12.7 Å². The Balaban J connectivity index is 2.10. The summed E-state index contributed by atoms with van der Waals surface area (Å²) in [7, 11) is 1.85. The topological polar surface area (TPSA) is 29.9 Å². The number of imidazole rings is 1. The van der Waals surface area contributed by atoms with Crippen LogP contribution in [-0.4, -0.2) is 34.6 Å². The maximum Gasteiger partial charge on any atom is 0.401 e. The van der Waals surface area contributed by atoms with E-state index in [1.807, 2.05) is 11.6 Å². The van der Waals surface area contributed by atoms with E-state index in [0.717, 1.165) is 5.16 Å².